The molecule has 2 aliphatic heterocycles. The van der Waals surface area contributed by atoms with Crippen molar-refractivity contribution in [2.24, 2.45) is 0 Å². The van der Waals surface area contributed by atoms with Crippen LogP contribution in [0.3, 0.4) is 0 Å². The molecular weight excluding hydrogens is 409 g/mol. The van der Waals surface area contributed by atoms with Crippen LogP contribution in [0.2, 0.25) is 0 Å². The van der Waals surface area contributed by atoms with Gasteiger partial charge in [0.15, 0.2) is 0 Å². The van der Waals surface area contributed by atoms with Crippen molar-refractivity contribution in [3.05, 3.63) is 53.3 Å². The molecule has 158 valence electrons. The first kappa shape index (κ1) is 20.3. The van der Waals surface area contributed by atoms with Gasteiger partial charge in [-0.3, -0.25) is 9.59 Å². The molecule has 1 saturated heterocycles. The molecule has 2 aromatic carbocycles. The molecule has 0 bridgehead atoms. The van der Waals surface area contributed by atoms with Crippen molar-refractivity contribution < 1.29 is 22.4 Å². The van der Waals surface area contributed by atoms with E-state index in [0.29, 0.717) is 5.69 Å². The standard InChI is InChI=1S/C21H22FN3O4S/c1-13(2)25-21(27)15-9-8-14(12-18(15)30(25,28)29)20(26)23-19-16(22)6-5-7-17(19)24-10-3-4-11-24/h5-9,12-13H,3-4,10-11H2,1-2H3,(H,23,26). The fourth-order valence-corrected chi connectivity index (χ4v) is 5.74. The number of fused-ring (bicyclic) bond motifs is 1. The van der Waals surface area contributed by atoms with Gasteiger partial charge in [0.1, 0.15) is 16.4 Å². The number of carbonyl (C=O) groups excluding carboxylic acids is 2. The zero-order chi connectivity index (χ0) is 21.6. The van der Waals surface area contributed by atoms with Crippen LogP contribution in [0.1, 0.15) is 47.4 Å². The lowest BCUT2D eigenvalue weighted by Crippen LogP contribution is -2.36. The Morgan fingerprint density at radius 1 is 1.13 bits per heavy atom. The molecule has 0 aromatic heterocycles. The summed E-state index contributed by atoms with van der Waals surface area (Å²) in [6.07, 6.45) is 1.99. The molecule has 4 rings (SSSR count). The SMILES string of the molecule is CC(C)N1C(=O)c2ccc(C(=O)Nc3c(F)cccc3N3CCCC3)cc2S1(=O)=O. The third-order valence-corrected chi connectivity index (χ3v) is 7.36. The number of para-hydroxylation sites is 1. The molecule has 2 heterocycles. The number of nitrogens with zero attached hydrogens (tertiary/aromatic N) is 2. The first-order valence-electron chi connectivity index (χ1n) is 9.79. The second-order valence-electron chi connectivity index (χ2n) is 7.69. The average Bonchev–Trinajstić information content (AvgIpc) is 3.28. The van der Waals surface area contributed by atoms with Crippen molar-refractivity contribution in [2.45, 2.75) is 37.6 Å². The van der Waals surface area contributed by atoms with E-state index >= 15 is 0 Å². The van der Waals surface area contributed by atoms with Crippen molar-refractivity contribution in [1.29, 1.82) is 0 Å². The van der Waals surface area contributed by atoms with Gasteiger partial charge in [-0.05, 0) is 57.0 Å². The quantitative estimate of drug-likeness (QED) is 0.803. The van der Waals surface area contributed by atoms with Crippen LogP contribution in [0, 0.1) is 5.82 Å². The first-order valence-corrected chi connectivity index (χ1v) is 11.2. The number of benzene rings is 2. The predicted molar refractivity (Wildman–Crippen MR) is 111 cm³/mol. The van der Waals surface area contributed by atoms with E-state index in [1.807, 2.05) is 4.90 Å². The number of rotatable bonds is 4. The molecule has 9 heteroatoms. The summed E-state index contributed by atoms with van der Waals surface area (Å²) >= 11 is 0. The zero-order valence-corrected chi connectivity index (χ0v) is 17.5. The minimum Gasteiger partial charge on any atom is -0.370 e. The summed E-state index contributed by atoms with van der Waals surface area (Å²) in [5.41, 5.74) is 0.721. The third kappa shape index (κ3) is 3.23. The lowest BCUT2D eigenvalue weighted by molar-refractivity contribution is 0.0846. The maximum Gasteiger partial charge on any atom is 0.269 e. The molecule has 1 N–H and O–H groups in total. The number of sulfonamides is 1. The van der Waals surface area contributed by atoms with Crippen LogP contribution in [0.4, 0.5) is 15.8 Å². The number of halogens is 1. The van der Waals surface area contributed by atoms with Crippen LogP contribution < -0.4 is 10.2 Å². The molecule has 2 aromatic rings. The number of hydrogen-bond donors (Lipinski definition) is 1. The van der Waals surface area contributed by atoms with E-state index in [9.17, 15) is 22.4 Å². The monoisotopic (exact) mass is 431 g/mol. The van der Waals surface area contributed by atoms with Gasteiger partial charge in [0, 0.05) is 24.7 Å². The molecule has 7 nitrogen and oxygen atoms in total. The fraction of sp³-hybridized carbons (Fsp3) is 0.333. The van der Waals surface area contributed by atoms with Crippen LogP contribution in [0.5, 0.6) is 0 Å². The zero-order valence-electron chi connectivity index (χ0n) is 16.7. The lowest BCUT2D eigenvalue weighted by Gasteiger charge is -2.22. The van der Waals surface area contributed by atoms with Gasteiger partial charge in [-0.2, -0.15) is 0 Å². The van der Waals surface area contributed by atoms with Gasteiger partial charge < -0.3 is 10.2 Å². The maximum atomic E-state index is 14.5. The summed E-state index contributed by atoms with van der Waals surface area (Å²) in [6, 6.07) is 7.94. The van der Waals surface area contributed by atoms with Gasteiger partial charge in [0.05, 0.1) is 11.3 Å². The van der Waals surface area contributed by atoms with E-state index < -0.39 is 33.7 Å². The number of anilines is 2. The lowest BCUT2D eigenvalue weighted by atomic mass is 10.1. The van der Waals surface area contributed by atoms with Crippen molar-refractivity contribution in [3.63, 3.8) is 0 Å². The highest BCUT2D eigenvalue weighted by Crippen LogP contribution is 2.34. The minimum atomic E-state index is -4.03. The predicted octanol–water partition coefficient (Wildman–Crippen LogP) is 3.23. The number of carbonyl (C=O) groups is 2. The van der Waals surface area contributed by atoms with Gasteiger partial charge in [-0.15, -0.1) is 0 Å². The summed E-state index contributed by atoms with van der Waals surface area (Å²) in [5, 5.41) is 2.59. The van der Waals surface area contributed by atoms with Crippen LogP contribution >= 0.6 is 0 Å². The highest BCUT2D eigenvalue weighted by Gasteiger charge is 2.43. The molecule has 1 fully saturated rings. The molecule has 0 saturated carbocycles. The highest BCUT2D eigenvalue weighted by atomic mass is 32.2. The Morgan fingerprint density at radius 2 is 1.83 bits per heavy atom. The van der Waals surface area contributed by atoms with Gasteiger partial charge in [-0.1, -0.05) is 6.07 Å². The van der Waals surface area contributed by atoms with E-state index in [4.69, 9.17) is 0 Å². The molecule has 0 spiro atoms. The van der Waals surface area contributed by atoms with E-state index in [1.165, 1.54) is 24.3 Å². The van der Waals surface area contributed by atoms with Gasteiger partial charge in [0.2, 0.25) is 0 Å². The Bertz CT molecular complexity index is 1140. The molecule has 0 unspecified atom stereocenters. The van der Waals surface area contributed by atoms with Gasteiger partial charge >= 0.3 is 0 Å². The van der Waals surface area contributed by atoms with Crippen LogP contribution in [0.15, 0.2) is 41.3 Å². The highest BCUT2D eigenvalue weighted by molar-refractivity contribution is 7.90. The molecular formula is C21H22FN3O4S. The fourth-order valence-electron chi connectivity index (χ4n) is 3.94. The second kappa shape index (κ2) is 7.39. The second-order valence-corrected chi connectivity index (χ2v) is 9.48. The summed E-state index contributed by atoms with van der Waals surface area (Å²) in [5.74, 6) is -1.82. The summed E-state index contributed by atoms with van der Waals surface area (Å²) in [7, 11) is -4.03. The summed E-state index contributed by atoms with van der Waals surface area (Å²) < 4.78 is 40.8. The van der Waals surface area contributed by atoms with Gasteiger partial charge in [0.25, 0.3) is 21.8 Å². The molecule has 30 heavy (non-hydrogen) atoms. The normalized spacial score (nSPS) is 17.5. The van der Waals surface area contributed by atoms with Crippen molar-refractivity contribution in [3.8, 4) is 0 Å². The maximum absolute atomic E-state index is 14.5. The smallest absolute Gasteiger partial charge is 0.269 e. The number of nitrogens with one attached hydrogen (secondary N) is 1. The molecule has 0 radical (unpaired) electrons. The molecule has 0 atom stereocenters. The molecule has 0 aliphatic carbocycles. The van der Waals surface area contributed by atoms with Crippen molar-refractivity contribution in [1.82, 2.24) is 4.31 Å². The Hall–Kier alpha value is -2.94. The topological polar surface area (TPSA) is 86.8 Å². The van der Waals surface area contributed by atoms with E-state index in [0.717, 1.165) is 30.2 Å². The van der Waals surface area contributed by atoms with Crippen LogP contribution in [0.25, 0.3) is 0 Å². The van der Waals surface area contributed by atoms with E-state index in [2.05, 4.69) is 5.32 Å². The number of hydrogen-bond acceptors (Lipinski definition) is 5. The Balaban J connectivity index is 1.68. The Morgan fingerprint density at radius 3 is 2.50 bits per heavy atom. The largest absolute Gasteiger partial charge is 0.370 e. The minimum absolute atomic E-state index is 0.0314. The van der Waals surface area contributed by atoms with Crippen molar-refractivity contribution >= 4 is 33.2 Å². The average molecular weight is 431 g/mol. The Labute approximate surface area is 174 Å². The van der Waals surface area contributed by atoms with Gasteiger partial charge in [-0.25, -0.2) is 17.1 Å². The summed E-state index contributed by atoms with van der Waals surface area (Å²) in [6.45, 7) is 4.76. The van der Waals surface area contributed by atoms with Crippen LogP contribution in [-0.4, -0.2) is 43.7 Å². The molecule has 2 amide bonds. The third-order valence-electron chi connectivity index (χ3n) is 5.36. The van der Waals surface area contributed by atoms with Crippen molar-refractivity contribution in [2.75, 3.05) is 23.3 Å². The van der Waals surface area contributed by atoms with E-state index in [-0.39, 0.29) is 21.7 Å². The first-order chi connectivity index (χ1) is 14.2. The van der Waals surface area contributed by atoms with E-state index in [1.54, 1.807) is 26.0 Å². The Kier molecular flexibility index (Phi) is 5.01. The molecule has 2 aliphatic rings. The number of amides is 2. The summed E-state index contributed by atoms with van der Waals surface area (Å²) in [4.78, 5) is 27.1. The van der Waals surface area contributed by atoms with Crippen LogP contribution in [-0.2, 0) is 10.0 Å².